The van der Waals surface area contributed by atoms with E-state index < -0.39 is 0 Å². The van der Waals surface area contributed by atoms with Gasteiger partial charge in [-0.05, 0) is 0 Å². The first-order valence-corrected chi connectivity index (χ1v) is 9.94. The van der Waals surface area contributed by atoms with E-state index in [-0.39, 0.29) is 4.46 Å². The predicted octanol–water partition coefficient (Wildman–Crippen LogP) is 6.57. The highest BCUT2D eigenvalue weighted by Gasteiger charge is 1.99. The average molecular weight is 309 g/mol. The number of hydrogen-bond donors (Lipinski definition) is 0. The number of halogens is 2. The maximum Gasteiger partial charge on any atom is 0.0929 e. The molecular weight excluding hydrogens is 279 g/mol. The van der Waals surface area contributed by atoms with Crippen LogP contribution in [0.5, 0.6) is 0 Å². The van der Waals surface area contributed by atoms with E-state index in [1.807, 2.05) is 0 Å². The molecular formula is C15H30Cl2Si. The third-order valence-electron chi connectivity index (χ3n) is 3.33. The Hall–Kier alpha value is 0.797. The van der Waals surface area contributed by atoms with Gasteiger partial charge >= 0.3 is 0 Å². The van der Waals surface area contributed by atoms with Crippen molar-refractivity contribution in [1.82, 2.24) is 0 Å². The Balaban J connectivity index is 2.90. The van der Waals surface area contributed by atoms with Crippen molar-refractivity contribution in [2.24, 2.45) is 0 Å². The van der Waals surface area contributed by atoms with Gasteiger partial charge < -0.3 is 0 Å². The second kappa shape index (κ2) is 15.9. The smallest absolute Gasteiger partial charge is 0.0929 e. The molecule has 0 aromatic heterocycles. The summed E-state index contributed by atoms with van der Waals surface area (Å²) < 4.78 is -0.127. The van der Waals surface area contributed by atoms with Crippen LogP contribution in [0.4, 0.5) is 0 Å². The molecule has 0 heterocycles. The summed E-state index contributed by atoms with van der Waals surface area (Å²) in [4.78, 5) is 0. The molecule has 0 rings (SSSR count). The normalized spacial score (nSPS) is 11.3. The van der Waals surface area contributed by atoms with Crippen molar-refractivity contribution in [3.63, 3.8) is 0 Å². The van der Waals surface area contributed by atoms with Crippen LogP contribution >= 0.6 is 23.2 Å². The first-order valence-electron chi connectivity index (χ1n) is 7.79. The molecule has 2 radical (unpaired) electrons. The molecule has 0 fully saturated rings. The highest BCUT2D eigenvalue weighted by atomic mass is 35.5. The fraction of sp³-hybridized carbons (Fsp3) is 1.00. The Kier molecular flexibility index (Phi) is 16.6. The summed E-state index contributed by atoms with van der Waals surface area (Å²) in [5, 5.41) is 0. The fourth-order valence-corrected chi connectivity index (χ4v) is 3.50. The lowest BCUT2D eigenvalue weighted by Crippen LogP contribution is -1.99. The Labute approximate surface area is 127 Å². The molecule has 0 aromatic rings. The summed E-state index contributed by atoms with van der Waals surface area (Å²) in [5.74, 6) is 0. The number of unbranched alkanes of at least 4 members (excludes halogenated alkanes) is 11. The molecule has 0 amide bonds. The van der Waals surface area contributed by atoms with E-state index in [1.54, 1.807) is 0 Å². The number of rotatable bonds is 14. The van der Waals surface area contributed by atoms with Crippen LogP contribution < -0.4 is 0 Å². The standard InChI is InChI=1S/C15H30Cl2Si/c1-2-3-4-5-6-7-8-9-10-11-12-13-14-18-15(16)17/h15H,2-14H2,1H3. The second-order valence-electron chi connectivity index (χ2n) is 5.14. The Morgan fingerprint density at radius 2 is 1.06 bits per heavy atom. The van der Waals surface area contributed by atoms with Gasteiger partial charge in [0, 0.05) is 0 Å². The molecule has 3 heteroatoms. The first kappa shape index (κ1) is 18.8. The SMILES string of the molecule is CCCCCCCCCCCCCC[Si]C(Cl)Cl. The van der Waals surface area contributed by atoms with Gasteiger partial charge in [-0.25, -0.2) is 0 Å². The van der Waals surface area contributed by atoms with Crippen LogP contribution in [0.2, 0.25) is 6.04 Å². The van der Waals surface area contributed by atoms with Gasteiger partial charge in [0.15, 0.2) is 0 Å². The predicted molar refractivity (Wildman–Crippen MR) is 87.1 cm³/mol. The van der Waals surface area contributed by atoms with Gasteiger partial charge in [-0.2, -0.15) is 0 Å². The summed E-state index contributed by atoms with van der Waals surface area (Å²) in [6.45, 7) is 2.28. The minimum atomic E-state index is -0.127. The lowest BCUT2D eigenvalue weighted by atomic mass is 10.1. The molecule has 0 unspecified atom stereocenters. The molecule has 18 heavy (non-hydrogen) atoms. The molecule has 0 saturated carbocycles. The first-order chi connectivity index (χ1) is 8.77. The van der Waals surface area contributed by atoms with E-state index in [1.165, 1.54) is 83.1 Å². The maximum atomic E-state index is 5.70. The molecule has 0 aromatic carbocycles. The van der Waals surface area contributed by atoms with Crippen molar-refractivity contribution in [3.8, 4) is 0 Å². The van der Waals surface area contributed by atoms with E-state index in [2.05, 4.69) is 6.92 Å². The lowest BCUT2D eigenvalue weighted by Gasteiger charge is -2.03. The topological polar surface area (TPSA) is 0 Å². The van der Waals surface area contributed by atoms with Gasteiger partial charge in [0.2, 0.25) is 0 Å². The molecule has 0 aliphatic rings. The van der Waals surface area contributed by atoms with Crippen LogP contribution in [0, 0.1) is 0 Å². The zero-order chi connectivity index (χ0) is 13.5. The zero-order valence-corrected chi connectivity index (χ0v) is 14.5. The number of alkyl halides is 2. The summed E-state index contributed by atoms with van der Waals surface area (Å²) in [7, 11) is 0.731. The van der Waals surface area contributed by atoms with Gasteiger partial charge in [0.05, 0.1) is 14.0 Å². The quantitative estimate of drug-likeness (QED) is 0.193. The minimum Gasteiger partial charge on any atom is -0.110 e. The average Bonchev–Trinajstić information content (AvgIpc) is 2.34. The van der Waals surface area contributed by atoms with Gasteiger partial charge in [0.25, 0.3) is 0 Å². The molecule has 0 aliphatic carbocycles. The molecule has 108 valence electrons. The zero-order valence-electron chi connectivity index (χ0n) is 12.0. The van der Waals surface area contributed by atoms with Crippen molar-refractivity contribution in [1.29, 1.82) is 0 Å². The Morgan fingerprint density at radius 3 is 1.44 bits per heavy atom. The Morgan fingerprint density at radius 1 is 0.667 bits per heavy atom. The van der Waals surface area contributed by atoms with Gasteiger partial charge in [0.1, 0.15) is 0 Å². The van der Waals surface area contributed by atoms with Crippen molar-refractivity contribution < 1.29 is 0 Å². The fourth-order valence-electron chi connectivity index (χ4n) is 2.18. The minimum absolute atomic E-state index is 0.127. The van der Waals surface area contributed by atoms with Crippen molar-refractivity contribution in [3.05, 3.63) is 0 Å². The second-order valence-corrected chi connectivity index (χ2v) is 8.46. The van der Waals surface area contributed by atoms with Crippen molar-refractivity contribution >= 4 is 32.7 Å². The van der Waals surface area contributed by atoms with Gasteiger partial charge in [-0.3, -0.25) is 0 Å². The van der Waals surface area contributed by atoms with E-state index in [0.717, 1.165) is 9.52 Å². The van der Waals surface area contributed by atoms with Crippen molar-refractivity contribution in [2.75, 3.05) is 0 Å². The van der Waals surface area contributed by atoms with Crippen LogP contribution in [0.25, 0.3) is 0 Å². The third kappa shape index (κ3) is 16.8. The number of hydrogen-bond acceptors (Lipinski definition) is 0. The summed E-state index contributed by atoms with van der Waals surface area (Å²) in [6, 6.07) is 1.22. The van der Waals surface area contributed by atoms with Crippen LogP contribution in [0.3, 0.4) is 0 Å². The third-order valence-corrected chi connectivity index (χ3v) is 5.21. The molecule has 0 atom stereocenters. The molecule has 0 saturated heterocycles. The molecule has 0 N–H and O–H groups in total. The van der Waals surface area contributed by atoms with Crippen LogP contribution in [0.15, 0.2) is 0 Å². The van der Waals surface area contributed by atoms with Crippen LogP contribution in [-0.2, 0) is 0 Å². The molecule has 0 spiro atoms. The van der Waals surface area contributed by atoms with E-state index in [9.17, 15) is 0 Å². The van der Waals surface area contributed by atoms with Crippen LogP contribution in [0.1, 0.15) is 84.0 Å². The van der Waals surface area contributed by atoms with E-state index >= 15 is 0 Å². The highest BCUT2D eigenvalue weighted by Crippen LogP contribution is 2.13. The highest BCUT2D eigenvalue weighted by molar-refractivity contribution is 6.68. The van der Waals surface area contributed by atoms with E-state index in [4.69, 9.17) is 23.2 Å². The molecule has 0 bridgehead atoms. The van der Waals surface area contributed by atoms with Crippen molar-refractivity contribution in [2.45, 2.75) is 94.5 Å². The largest absolute Gasteiger partial charge is 0.110 e. The lowest BCUT2D eigenvalue weighted by molar-refractivity contribution is 0.548. The monoisotopic (exact) mass is 308 g/mol. The summed E-state index contributed by atoms with van der Waals surface area (Å²) in [5.41, 5.74) is 0. The summed E-state index contributed by atoms with van der Waals surface area (Å²) in [6.07, 6.45) is 16.9. The molecule has 0 aliphatic heterocycles. The van der Waals surface area contributed by atoms with E-state index in [0.29, 0.717) is 0 Å². The van der Waals surface area contributed by atoms with Gasteiger partial charge in [-0.1, -0.05) is 90.0 Å². The van der Waals surface area contributed by atoms with Crippen LogP contribution in [-0.4, -0.2) is 14.0 Å². The Bertz CT molecular complexity index is 151. The molecule has 0 nitrogen and oxygen atoms in total. The maximum absolute atomic E-state index is 5.70. The van der Waals surface area contributed by atoms with Gasteiger partial charge in [-0.15, -0.1) is 23.2 Å². The summed E-state index contributed by atoms with van der Waals surface area (Å²) >= 11 is 11.4.